The SMILES string of the molecule is COC(=O)c1cc(Br)c(C(=O)O)c(C)c1Br. The van der Waals surface area contributed by atoms with E-state index in [9.17, 15) is 9.59 Å². The predicted molar refractivity (Wildman–Crippen MR) is 64.9 cm³/mol. The Kier molecular flexibility index (Phi) is 4.09. The Morgan fingerprint density at radius 1 is 1.38 bits per heavy atom. The van der Waals surface area contributed by atoms with Crippen LogP contribution in [0.1, 0.15) is 26.3 Å². The quantitative estimate of drug-likeness (QED) is 0.832. The highest BCUT2D eigenvalue weighted by molar-refractivity contribution is 9.11. The zero-order valence-corrected chi connectivity index (χ0v) is 11.7. The maximum atomic E-state index is 11.4. The second-order valence-electron chi connectivity index (χ2n) is 3.02. The van der Waals surface area contributed by atoms with Crippen molar-refractivity contribution in [1.29, 1.82) is 0 Å². The lowest BCUT2D eigenvalue weighted by molar-refractivity contribution is 0.0597. The first-order chi connectivity index (χ1) is 7.40. The molecule has 0 aromatic heterocycles. The Balaban J connectivity index is 3.51. The Hall–Kier alpha value is -0.880. The Labute approximate surface area is 109 Å². The van der Waals surface area contributed by atoms with Gasteiger partial charge in [-0.3, -0.25) is 0 Å². The van der Waals surface area contributed by atoms with Crippen molar-refractivity contribution in [1.82, 2.24) is 0 Å². The van der Waals surface area contributed by atoms with Crippen molar-refractivity contribution in [2.45, 2.75) is 6.92 Å². The molecule has 1 aromatic carbocycles. The fourth-order valence-corrected chi connectivity index (χ4v) is 2.44. The van der Waals surface area contributed by atoms with E-state index in [2.05, 4.69) is 36.6 Å². The number of halogens is 2. The number of methoxy groups -OCH3 is 1. The van der Waals surface area contributed by atoms with Gasteiger partial charge in [-0.15, -0.1) is 0 Å². The maximum Gasteiger partial charge on any atom is 0.339 e. The summed E-state index contributed by atoms with van der Waals surface area (Å²) in [5.74, 6) is -1.57. The molecule has 4 nitrogen and oxygen atoms in total. The number of hydrogen-bond donors (Lipinski definition) is 1. The summed E-state index contributed by atoms with van der Waals surface area (Å²) in [5, 5.41) is 8.99. The van der Waals surface area contributed by atoms with Crippen LogP contribution in [0, 0.1) is 6.92 Å². The number of carboxylic acid groups (broad SMARTS) is 1. The van der Waals surface area contributed by atoms with E-state index < -0.39 is 11.9 Å². The van der Waals surface area contributed by atoms with E-state index in [1.165, 1.54) is 13.2 Å². The van der Waals surface area contributed by atoms with Gasteiger partial charge in [-0.25, -0.2) is 9.59 Å². The molecule has 0 saturated carbocycles. The number of esters is 1. The molecule has 0 aliphatic rings. The average molecular weight is 352 g/mol. The molecule has 0 spiro atoms. The van der Waals surface area contributed by atoms with Gasteiger partial charge >= 0.3 is 11.9 Å². The van der Waals surface area contributed by atoms with Crippen LogP contribution in [-0.4, -0.2) is 24.2 Å². The summed E-state index contributed by atoms with van der Waals surface area (Å²) in [7, 11) is 1.27. The van der Waals surface area contributed by atoms with Crippen molar-refractivity contribution in [3.05, 3.63) is 31.7 Å². The zero-order valence-electron chi connectivity index (χ0n) is 8.51. The van der Waals surface area contributed by atoms with Gasteiger partial charge in [0, 0.05) is 8.95 Å². The van der Waals surface area contributed by atoms with Crippen molar-refractivity contribution in [2.24, 2.45) is 0 Å². The van der Waals surface area contributed by atoms with E-state index in [0.29, 0.717) is 14.5 Å². The summed E-state index contributed by atoms with van der Waals surface area (Å²) in [4.78, 5) is 22.4. The van der Waals surface area contributed by atoms with Crippen molar-refractivity contribution in [3.63, 3.8) is 0 Å². The van der Waals surface area contributed by atoms with Gasteiger partial charge in [-0.2, -0.15) is 0 Å². The predicted octanol–water partition coefficient (Wildman–Crippen LogP) is 3.00. The van der Waals surface area contributed by atoms with Crippen molar-refractivity contribution < 1.29 is 19.4 Å². The molecule has 0 aliphatic heterocycles. The molecule has 0 unspecified atom stereocenters. The van der Waals surface area contributed by atoms with Gasteiger partial charge in [0.05, 0.1) is 18.2 Å². The molecule has 0 amide bonds. The van der Waals surface area contributed by atoms with Crippen molar-refractivity contribution in [3.8, 4) is 0 Å². The third-order valence-electron chi connectivity index (χ3n) is 2.07. The standard InChI is InChI=1S/C10H8Br2O4/c1-4-7(9(13)14)6(11)3-5(8(4)12)10(15)16-2/h3H,1-2H3,(H,13,14). The molecule has 86 valence electrons. The molecule has 0 bridgehead atoms. The highest BCUT2D eigenvalue weighted by Crippen LogP contribution is 2.31. The van der Waals surface area contributed by atoms with E-state index in [0.717, 1.165) is 0 Å². The Morgan fingerprint density at radius 3 is 2.38 bits per heavy atom. The topological polar surface area (TPSA) is 63.6 Å². The van der Waals surface area contributed by atoms with Crippen LogP contribution < -0.4 is 0 Å². The molecule has 1 N–H and O–H groups in total. The molecule has 1 aromatic rings. The zero-order chi connectivity index (χ0) is 12.5. The molecule has 16 heavy (non-hydrogen) atoms. The first-order valence-corrected chi connectivity index (χ1v) is 5.79. The van der Waals surface area contributed by atoms with Crippen LogP contribution in [0.2, 0.25) is 0 Å². The minimum absolute atomic E-state index is 0.125. The fourth-order valence-electron chi connectivity index (χ4n) is 1.27. The van der Waals surface area contributed by atoms with Gasteiger partial charge in [0.2, 0.25) is 0 Å². The molecular weight excluding hydrogens is 344 g/mol. The lowest BCUT2D eigenvalue weighted by Crippen LogP contribution is -2.08. The molecule has 1 rings (SSSR count). The summed E-state index contributed by atoms with van der Waals surface area (Å²) in [6, 6.07) is 1.42. The number of carbonyl (C=O) groups is 2. The monoisotopic (exact) mass is 350 g/mol. The van der Waals surface area contributed by atoms with Gasteiger partial charge in [-0.1, -0.05) is 0 Å². The minimum atomic E-state index is -1.05. The maximum absolute atomic E-state index is 11.4. The van der Waals surface area contributed by atoms with Gasteiger partial charge in [-0.05, 0) is 50.4 Å². The molecule has 0 heterocycles. The van der Waals surface area contributed by atoms with E-state index in [1.807, 2.05) is 0 Å². The van der Waals surface area contributed by atoms with E-state index in [-0.39, 0.29) is 11.1 Å². The minimum Gasteiger partial charge on any atom is -0.478 e. The first-order valence-electron chi connectivity index (χ1n) is 4.20. The number of carbonyl (C=O) groups excluding carboxylic acids is 1. The molecule has 0 radical (unpaired) electrons. The van der Waals surface area contributed by atoms with Crippen molar-refractivity contribution >= 4 is 43.8 Å². The third kappa shape index (κ3) is 2.27. The lowest BCUT2D eigenvalue weighted by Gasteiger charge is -2.10. The van der Waals surface area contributed by atoms with Crippen LogP contribution in [0.3, 0.4) is 0 Å². The van der Waals surface area contributed by atoms with Crippen LogP contribution in [0.25, 0.3) is 0 Å². The number of benzene rings is 1. The number of ether oxygens (including phenoxy) is 1. The number of aromatic carboxylic acids is 1. The second kappa shape index (κ2) is 4.97. The summed E-state index contributed by atoms with van der Waals surface area (Å²) in [6.07, 6.45) is 0. The van der Waals surface area contributed by atoms with Gasteiger partial charge in [0.15, 0.2) is 0 Å². The highest BCUT2D eigenvalue weighted by atomic mass is 79.9. The van der Waals surface area contributed by atoms with E-state index in [4.69, 9.17) is 5.11 Å². The molecule has 0 atom stereocenters. The molecular formula is C10H8Br2O4. The lowest BCUT2D eigenvalue weighted by atomic mass is 10.1. The number of carboxylic acids is 1. The van der Waals surface area contributed by atoms with Gasteiger partial charge < -0.3 is 9.84 Å². The second-order valence-corrected chi connectivity index (χ2v) is 4.66. The van der Waals surface area contributed by atoms with E-state index in [1.54, 1.807) is 6.92 Å². The van der Waals surface area contributed by atoms with Gasteiger partial charge in [0.25, 0.3) is 0 Å². The van der Waals surface area contributed by atoms with Crippen LogP contribution in [-0.2, 0) is 4.74 Å². The molecule has 0 aliphatic carbocycles. The summed E-state index contributed by atoms with van der Waals surface area (Å²) >= 11 is 6.31. The van der Waals surface area contributed by atoms with Crippen molar-refractivity contribution in [2.75, 3.05) is 7.11 Å². The molecule has 0 fully saturated rings. The summed E-state index contributed by atoms with van der Waals surface area (Å²) in [6.45, 7) is 1.62. The van der Waals surface area contributed by atoms with Crippen LogP contribution in [0.5, 0.6) is 0 Å². The normalized spacial score (nSPS) is 10.0. The number of hydrogen-bond acceptors (Lipinski definition) is 3. The molecule has 0 saturated heterocycles. The van der Waals surface area contributed by atoms with Crippen LogP contribution in [0.4, 0.5) is 0 Å². The van der Waals surface area contributed by atoms with Gasteiger partial charge in [0.1, 0.15) is 0 Å². The van der Waals surface area contributed by atoms with Crippen LogP contribution in [0.15, 0.2) is 15.0 Å². The summed E-state index contributed by atoms with van der Waals surface area (Å²) < 4.78 is 5.37. The molecule has 6 heteroatoms. The van der Waals surface area contributed by atoms with E-state index >= 15 is 0 Å². The average Bonchev–Trinajstić information content (AvgIpc) is 2.22. The summed E-state index contributed by atoms with van der Waals surface area (Å²) in [5.41, 5.74) is 0.888. The Bertz CT molecular complexity index is 468. The smallest absolute Gasteiger partial charge is 0.339 e. The fraction of sp³-hybridized carbons (Fsp3) is 0.200. The first kappa shape index (κ1) is 13.2. The highest BCUT2D eigenvalue weighted by Gasteiger charge is 2.21. The largest absolute Gasteiger partial charge is 0.478 e. The van der Waals surface area contributed by atoms with Crippen LogP contribution >= 0.6 is 31.9 Å². The third-order valence-corrected chi connectivity index (χ3v) is 3.72. The number of rotatable bonds is 2. The Morgan fingerprint density at radius 2 is 1.94 bits per heavy atom.